The van der Waals surface area contributed by atoms with Crippen LogP contribution in [-0.2, 0) is 11.3 Å². The number of aromatic nitrogens is 4. The van der Waals surface area contributed by atoms with Crippen molar-refractivity contribution in [2.45, 2.75) is 70.6 Å². The Hall–Kier alpha value is -3.42. The van der Waals surface area contributed by atoms with E-state index in [-0.39, 0.29) is 12.1 Å². The molecule has 190 valence electrons. The molecule has 36 heavy (non-hydrogen) atoms. The summed E-state index contributed by atoms with van der Waals surface area (Å²) >= 11 is 0. The van der Waals surface area contributed by atoms with E-state index in [1.54, 1.807) is 0 Å². The first-order valence-corrected chi connectivity index (χ1v) is 13.0. The number of hydrogen-bond donors (Lipinski definition) is 0. The van der Waals surface area contributed by atoms with Gasteiger partial charge in [0.2, 0.25) is 0 Å². The Morgan fingerprint density at radius 3 is 2.36 bits per heavy atom. The monoisotopic (exact) mass is 488 g/mol. The second-order valence-corrected chi connectivity index (χ2v) is 10.8. The molecule has 1 atom stereocenters. The van der Waals surface area contributed by atoms with Gasteiger partial charge in [-0.3, -0.25) is 4.90 Å². The SMILES string of the molecule is CC(C)(C)OC(=O)N1CCC[C@@H]1c1nnc(C2CCN(c3ccccn3)CC2)n1Cc1ccccc1. The summed E-state index contributed by atoms with van der Waals surface area (Å²) in [7, 11) is 0. The Balaban J connectivity index is 1.41. The number of pyridine rings is 1. The van der Waals surface area contributed by atoms with Gasteiger partial charge in [-0.25, -0.2) is 9.78 Å². The maximum absolute atomic E-state index is 13.0. The maximum atomic E-state index is 13.0. The molecule has 4 heterocycles. The van der Waals surface area contributed by atoms with Gasteiger partial charge in [0.1, 0.15) is 17.2 Å². The van der Waals surface area contributed by atoms with Crippen molar-refractivity contribution in [2.24, 2.45) is 0 Å². The molecule has 3 aromatic rings. The molecule has 0 N–H and O–H groups in total. The molecule has 2 aliphatic rings. The fourth-order valence-corrected chi connectivity index (χ4v) is 5.29. The lowest BCUT2D eigenvalue weighted by Gasteiger charge is -2.33. The van der Waals surface area contributed by atoms with Crippen molar-refractivity contribution in [1.82, 2.24) is 24.6 Å². The number of ether oxygens (including phenoxy) is 1. The van der Waals surface area contributed by atoms with Crippen molar-refractivity contribution in [2.75, 3.05) is 24.5 Å². The molecule has 0 unspecified atom stereocenters. The molecule has 0 saturated carbocycles. The van der Waals surface area contributed by atoms with Crippen LogP contribution in [0.2, 0.25) is 0 Å². The van der Waals surface area contributed by atoms with Gasteiger partial charge in [0.05, 0.1) is 12.6 Å². The second-order valence-electron chi connectivity index (χ2n) is 10.8. The quantitative estimate of drug-likeness (QED) is 0.493. The fourth-order valence-electron chi connectivity index (χ4n) is 5.29. The Morgan fingerprint density at radius 1 is 0.944 bits per heavy atom. The van der Waals surface area contributed by atoms with Crippen LogP contribution in [0.3, 0.4) is 0 Å². The van der Waals surface area contributed by atoms with E-state index in [1.807, 2.05) is 50.1 Å². The van der Waals surface area contributed by atoms with Gasteiger partial charge in [-0.15, -0.1) is 10.2 Å². The summed E-state index contributed by atoms with van der Waals surface area (Å²) in [5.41, 5.74) is 0.668. The molecule has 8 heteroatoms. The Bertz CT molecular complexity index is 1150. The van der Waals surface area contributed by atoms with Crippen LogP contribution in [0.5, 0.6) is 0 Å². The number of rotatable bonds is 5. The van der Waals surface area contributed by atoms with Gasteiger partial charge < -0.3 is 14.2 Å². The molecule has 1 amide bonds. The molecule has 2 saturated heterocycles. The Morgan fingerprint density at radius 2 is 1.67 bits per heavy atom. The molecule has 0 spiro atoms. The van der Waals surface area contributed by atoms with Gasteiger partial charge in [-0.05, 0) is 64.2 Å². The lowest BCUT2D eigenvalue weighted by atomic mass is 9.95. The number of benzene rings is 1. The minimum Gasteiger partial charge on any atom is -0.444 e. The van der Waals surface area contributed by atoms with Crippen LogP contribution in [0.1, 0.15) is 75.6 Å². The highest BCUT2D eigenvalue weighted by atomic mass is 16.6. The van der Waals surface area contributed by atoms with Gasteiger partial charge in [0.25, 0.3) is 0 Å². The van der Waals surface area contributed by atoms with Crippen molar-refractivity contribution in [1.29, 1.82) is 0 Å². The van der Waals surface area contributed by atoms with Crippen molar-refractivity contribution in [3.05, 3.63) is 71.9 Å². The van der Waals surface area contributed by atoms with Crippen LogP contribution in [-0.4, -0.2) is 56.0 Å². The van der Waals surface area contributed by atoms with Crippen LogP contribution >= 0.6 is 0 Å². The summed E-state index contributed by atoms with van der Waals surface area (Å²) in [6.45, 7) is 8.95. The van der Waals surface area contributed by atoms with Gasteiger partial charge in [0, 0.05) is 31.7 Å². The van der Waals surface area contributed by atoms with E-state index in [0.717, 1.165) is 56.2 Å². The van der Waals surface area contributed by atoms with E-state index in [1.165, 1.54) is 5.56 Å². The van der Waals surface area contributed by atoms with E-state index >= 15 is 0 Å². The first-order chi connectivity index (χ1) is 17.4. The third-order valence-corrected chi connectivity index (χ3v) is 7.00. The Kier molecular flexibility index (Phi) is 6.94. The first kappa shape index (κ1) is 24.3. The van der Waals surface area contributed by atoms with Crippen LogP contribution in [0.15, 0.2) is 54.7 Å². The summed E-state index contributed by atoms with van der Waals surface area (Å²) < 4.78 is 7.99. The number of carbonyl (C=O) groups is 1. The highest BCUT2D eigenvalue weighted by Crippen LogP contribution is 2.36. The summed E-state index contributed by atoms with van der Waals surface area (Å²) in [5.74, 6) is 3.22. The Labute approximate surface area is 213 Å². The maximum Gasteiger partial charge on any atom is 0.410 e. The normalized spacial score (nSPS) is 19.0. The van der Waals surface area contributed by atoms with Crippen LogP contribution in [0.4, 0.5) is 10.6 Å². The lowest BCUT2D eigenvalue weighted by Crippen LogP contribution is -2.37. The molecule has 8 nitrogen and oxygen atoms in total. The number of likely N-dealkylation sites (tertiary alicyclic amines) is 1. The van der Waals surface area contributed by atoms with E-state index in [0.29, 0.717) is 19.0 Å². The molecule has 0 radical (unpaired) electrons. The minimum absolute atomic E-state index is 0.126. The smallest absolute Gasteiger partial charge is 0.410 e. The molecular formula is C28H36N6O2. The number of carbonyl (C=O) groups excluding carboxylic acids is 1. The average molecular weight is 489 g/mol. The second kappa shape index (κ2) is 10.3. The third-order valence-electron chi connectivity index (χ3n) is 7.00. The zero-order chi connectivity index (χ0) is 25.1. The molecule has 1 aromatic carbocycles. The predicted octanol–water partition coefficient (Wildman–Crippen LogP) is 5.18. The van der Waals surface area contributed by atoms with E-state index in [9.17, 15) is 4.79 Å². The van der Waals surface area contributed by atoms with Crippen LogP contribution in [0, 0.1) is 0 Å². The van der Waals surface area contributed by atoms with Gasteiger partial charge in [-0.2, -0.15) is 0 Å². The molecule has 0 aliphatic carbocycles. The van der Waals surface area contributed by atoms with E-state index in [4.69, 9.17) is 14.9 Å². The summed E-state index contributed by atoms with van der Waals surface area (Å²) in [6.07, 6.45) is 5.35. The standard InChI is InChI=1S/C28H36N6O2/c1-28(2,3)36-27(35)33-17-9-12-23(33)26-31-30-25(34(26)20-21-10-5-4-6-11-21)22-14-18-32(19-15-22)24-13-7-8-16-29-24/h4-8,10-11,13,16,22-23H,9,12,14-15,17-20H2,1-3H3/t23-/m1/s1. The minimum atomic E-state index is -0.533. The summed E-state index contributed by atoms with van der Waals surface area (Å²) in [6, 6.07) is 16.4. The molecule has 5 rings (SSSR count). The summed E-state index contributed by atoms with van der Waals surface area (Å²) in [5, 5.41) is 9.46. The lowest BCUT2D eigenvalue weighted by molar-refractivity contribution is 0.0215. The zero-order valence-electron chi connectivity index (χ0n) is 21.5. The topological polar surface area (TPSA) is 76.4 Å². The molecule has 2 fully saturated rings. The fraction of sp³-hybridized carbons (Fsp3) is 0.500. The first-order valence-electron chi connectivity index (χ1n) is 13.0. The largest absolute Gasteiger partial charge is 0.444 e. The molecular weight excluding hydrogens is 452 g/mol. The predicted molar refractivity (Wildman–Crippen MR) is 139 cm³/mol. The van der Waals surface area contributed by atoms with Gasteiger partial charge >= 0.3 is 6.09 Å². The number of piperidine rings is 1. The van der Waals surface area contributed by atoms with Crippen molar-refractivity contribution >= 4 is 11.9 Å². The molecule has 2 aliphatic heterocycles. The van der Waals surface area contributed by atoms with Crippen LogP contribution < -0.4 is 4.90 Å². The molecule has 2 aromatic heterocycles. The average Bonchev–Trinajstić information content (AvgIpc) is 3.52. The van der Waals surface area contributed by atoms with E-state index < -0.39 is 5.60 Å². The van der Waals surface area contributed by atoms with Crippen molar-refractivity contribution in [3.8, 4) is 0 Å². The van der Waals surface area contributed by atoms with Crippen molar-refractivity contribution in [3.63, 3.8) is 0 Å². The van der Waals surface area contributed by atoms with Gasteiger partial charge in [-0.1, -0.05) is 36.4 Å². The number of hydrogen-bond acceptors (Lipinski definition) is 6. The number of anilines is 1. The zero-order valence-corrected chi connectivity index (χ0v) is 21.5. The number of amides is 1. The highest BCUT2D eigenvalue weighted by Gasteiger charge is 2.37. The molecule has 0 bridgehead atoms. The third kappa shape index (κ3) is 5.37. The van der Waals surface area contributed by atoms with Crippen LogP contribution in [0.25, 0.3) is 0 Å². The van der Waals surface area contributed by atoms with Crippen molar-refractivity contribution < 1.29 is 9.53 Å². The van der Waals surface area contributed by atoms with Gasteiger partial charge in [0.15, 0.2) is 5.82 Å². The summed E-state index contributed by atoms with van der Waals surface area (Å²) in [4.78, 5) is 21.7. The van der Waals surface area contributed by atoms with E-state index in [2.05, 4.69) is 44.8 Å². The highest BCUT2D eigenvalue weighted by molar-refractivity contribution is 5.69. The number of nitrogens with zero attached hydrogens (tertiary/aromatic N) is 6.